The lowest BCUT2D eigenvalue weighted by Gasteiger charge is -2.19. The van der Waals surface area contributed by atoms with Crippen molar-refractivity contribution < 1.29 is 9.72 Å². The summed E-state index contributed by atoms with van der Waals surface area (Å²) in [6.07, 6.45) is 3.17. The van der Waals surface area contributed by atoms with Crippen LogP contribution in [0.4, 0.5) is 17.3 Å². The van der Waals surface area contributed by atoms with Gasteiger partial charge < -0.3 is 4.90 Å². The van der Waals surface area contributed by atoms with Crippen molar-refractivity contribution in [3.05, 3.63) is 88.2 Å². The summed E-state index contributed by atoms with van der Waals surface area (Å²) in [6, 6.07) is 18.7. The topological polar surface area (TPSA) is 113 Å². The van der Waals surface area contributed by atoms with Gasteiger partial charge in [-0.25, -0.2) is 9.97 Å². The van der Waals surface area contributed by atoms with Crippen LogP contribution in [-0.4, -0.2) is 33.9 Å². The number of hydrazine groups is 1. The van der Waals surface area contributed by atoms with Crippen molar-refractivity contribution in [1.29, 1.82) is 0 Å². The lowest BCUT2D eigenvalue weighted by molar-refractivity contribution is -0.383. The molecule has 0 radical (unpaired) electrons. The first-order chi connectivity index (χ1) is 15.1. The highest BCUT2D eigenvalue weighted by molar-refractivity contribution is 5.88. The summed E-state index contributed by atoms with van der Waals surface area (Å²) in [6.45, 7) is 1.40. The van der Waals surface area contributed by atoms with Crippen molar-refractivity contribution in [3.63, 3.8) is 0 Å². The van der Waals surface area contributed by atoms with Gasteiger partial charge in [0, 0.05) is 13.1 Å². The van der Waals surface area contributed by atoms with Crippen LogP contribution in [0.2, 0.25) is 0 Å². The Morgan fingerprint density at radius 3 is 2.10 bits per heavy atom. The predicted molar refractivity (Wildman–Crippen MR) is 117 cm³/mol. The Morgan fingerprint density at radius 2 is 1.55 bits per heavy atom. The van der Waals surface area contributed by atoms with Crippen molar-refractivity contribution in [2.75, 3.05) is 23.4 Å². The van der Waals surface area contributed by atoms with Crippen LogP contribution in [-0.2, 0) is 4.79 Å². The fourth-order valence-corrected chi connectivity index (χ4v) is 3.77. The molecule has 2 heterocycles. The molecule has 0 atom stereocenters. The molecule has 1 aromatic heterocycles. The van der Waals surface area contributed by atoms with E-state index in [4.69, 9.17) is 0 Å². The third-order valence-corrected chi connectivity index (χ3v) is 5.22. The molecule has 3 aromatic rings. The van der Waals surface area contributed by atoms with Crippen molar-refractivity contribution in [3.8, 4) is 0 Å². The van der Waals surface area contributed by atoms with Crippen molar-refractivity contribution in [2.45, 2.75) is 18.8 Å². The Kier molecular flexibility index (Phi) is 6.02. The number of hydrogen-bond acceptors (Lipinski definition) is 7. The zero-order valence-corrected chi connectivity index (χ0v) is 16.8. The van der Waals surface area contributed by atoms with Crippen molar-refractivity contribution >= 4 is 23.2 Å². The van der Waals surface area contributed by atoms with Crippen LogP contribution in [0.25, 0.3) is 0 Å². The largest absolute Gasteiger partial charge is 0.355 e. The molecular formula is C22H22N6O3. The summed E-state index contributed by atoms with van der Waals surface area (Å²) in [4.78, 5) is 34.4. The smallest absolute Gasteiger partial charge is 0.351 e. The molecule has 0 saturated carbocycles. The molecule has 1 aliphatic rings. The minimum absolute atomic E-state index is 0.0462. The zero-order chi connectivity index (χ0) is 21.6. The van der Waals surface area contributed by atoms with E-state index in [0.717, 1.165) is 24.0 Å². The average Bonchev–Trinajstić information content (AvgIpc) is 3.34. The summed E-state index contributed by atoms with van der Waals surface area (Å²) in [5, 5.41) is 11.8. The van der Waals surface area contributed by atoms with Gasteiger partial charge in [-0.1, -0.05) is 60.7 Å². The second-order valence-electron chi connectivity index (χ2n) is 7.21. The number of anilines is 2. The third kappa shape index (κ3) is 4.45. The molecule has 4 rings (SSSR count). The maximum absolute atomic E-state index is 13.1. The van der Waals surface area contributed by atoms with E-state index in [9.17, 15) is 14.9 Å². The van der Waals surface area contributed by atoms with Gasteiger partial charge in [0.1, 0.15) is 6.33 Å². The number of benzene rings is 2. The number of nitro groups is 1. The summed E-state index contributed by atoms with van der Waals surface area (Å²) in [7, 11) is 0. The van der Waals surface area contributed by atoms with Gasteiger partial charge in [0.25, 0.3) is 0 Å². The van der Waals surface area contributed by atoms with E-state index >= 15 is 0 Å². The van der Waals surface area contributed by atoms with Crippen molar-refractivity contribution in [2.24, 2.45) is 0 Å². The van der Waals surface area contributed by atoms with Gasteiger partial charge >= 0.3 is 5.69 Å². The zero-order valence-electron chi connectivity index (χ0n) is 16.8. The predicted octanol–water partition coefficient (Wildman–Crippen LogP) is 3.26. The SMILES string of the molecule is O=C(NNc1ncnc(N2CCCC2)c1[N+](=O)[O-])C(c1ccccc1)c1ccccc1. The van der Waals surface area contributed by atoms with E-state index in [0.29, 0.717) is 13.1 Å². The summed E-state index contributed by atoms with van der Waals surface area (Å²) in [5.74, 6) is -0.728. The van der Waals surface area contributed by atoms with Crippen LogP contribution >= 0.6 is 0 Å². The van der Waals surface area contributed by atoms with Crippen LogP contribution in [0.1, 0.15) is 29.9 Å². The Labute approximate surface area is 179 Å². The summed E-state index contributed by atoms with van der Waals surface area (Å²) < 4.78 is 0. The van der Waals surface area contributed by atoms with Crippen LogP contribution in [0, 0.1) is 10.1 Å². The van der Waals surface area contributed by atoms with E-state index in [2.05, 4.69) is 20.8 Å². The Balaban J connectivity index is 1.60. The van der Waals surface area contributed by atoms with Crippen LogP contribution < -0.4 is 15.8 Å². The molecule has 0 bridgehead atoms. The highest BCUT2D eigenvalue weighted by Gasteiger charge is 2.29. The van der Waals surface area contributed by atoms with Gasteiger partial charge in [-0.15, -0.1) is 0 Å². The fourth-order valence-electron chi connectivity index (χ4n) is 3.77. The number of carbonyl (C=O) groups excluding carboxylic acids is 1. The molecule has 9 nitrogen and oxygen atoms in total. The second-order valence-corrected chi connectivity index (χ2v) is 7.21. The number of aromatic nitrogens is 2. The fraction of sp³-hybridized carbons (Fsp3) is 0.227. The lowest BCUT2D eigenvalue weighted by atomic mass is 9.91. The molecule has 1 fully saturated rings. The molecule has 0 unspecified atom stereocenters. The van der Waals surface area contributed by atoms with Gasteiger partial charge in [-0.3, -0.25) is 25.8 Å². The molecule has 1 amide bonds. The Bertz CT molecular complexity index is 1020. The Hall–Kier alpha value is -4.01. The Morgan fingerprint density at radius 1 is 0.968 bits per heavy atom. The number of carbonyl (C=O) groups is 1. The van der Waals surface area contributed by atoms with Crippen molar-refractivity contribution in [1.82, 2.24) is 15.4 Å². The minimum Gasteiger partial charge on any atom is -0.351 e. The minimum atomic E-state index is -0.589. The first-order valence-corrected chi connectivity index (χ1v) is 10.0. The number of nitrogens with one attached hydrogen (secondary N) is 2. The first-order valence-electron chi connectivity index (χ1n) is 10.0. The van der Waals surface area contributed by atoms with Gasteiger partial charge in [0.2, 0.25) is 17.5 Å². The van der Waals surface area contributed by atoms with Gasteiger partial charge in [-0.2, -0.15) is 0 Å². The average molecular weight is 418 g/mol. The number of nitrogens with zero attached hydrogens (tertiary/aromatic N) is 4. The van der Waals surface area contributed by atoms with Gasteiger partial charge in [0.15, 0.2) is 0 Å². The third-order valence-electron chi connectivity index (χ3n) is 5.22. The van der Waals surface area contributed by atoms with E-state index < -0.39 is 10.8 Å². The van der Waals surface area contributed by atoms with Crippen LogP contribution in [0.5, 0.6) is 0 Å². The number of amides is 1. The maximum atomic E-state index is 13.1. The van der Waals surface area contributed by atoms with Crippen LogP contribution in [0.15, 0.2) is 67.0 Å². The first kappa shape index (κ1) is 20.3. The molecule has 0 aliphatic carbocycles. The van der Waals surface area contributed by atoms with Gasteiger partial charge in [-0.05, 0) is 24.0 Å². The lowest BCUT2D eigenvalue weighted by Crippen LogP contribution is -2.35. The van der Waals surface area contributed by atoms with E-state index in [1.54, 1.807) is 0 Å². The molecule has 158 valence electrons. The highest BCUT2D eigenvalue weighted by atomic mass is 16.6. The number of rotatable bonds is 7. The van der Waals surface area contributed by atoms with Crippen LogP contribution in [0.3, 0.4) is 0 Å². The molecule has 1 saturated heterocycles. The molecule has 2 aromatic carbocycles. The molecule has 1 aliphatic heterocycles. The number of hydrogen-bond donors (Lipinski definition) is 2. The quantitative estimate of drug-likeness (QED) is 0.447. The van der Waals surface area contributed by atoms with E-state index in [1.807, 2.05) is 65.6 Å². The maximum Gasteiger partial charge on any atom is 0.355 e. The molecular weight excluding hydrogens is 396 g/mol. The second kappa shape index (κ2) is 9.21. The molecule has 9 heteroatoms. The van der Waals surface area contributed by atoms with Gasteiger partial charge in [0.05, 0.1) is 10.8 Å². The highest BCUT2D eigenvalue weighted by Crippen LogP contribution is 2.33. The molecule has 0 spiro atoms. The van der Waals surface area contributed by atoms with E-state index in [1.165, 1.54) is 6.33 Å². The molecule has 2 N–H and O–H groups in total. The van der Waals surface area contributed by atoms with E-state index in [-0.39, 0.29) is 23.2 Å². The molecule has 31 heavy (non-hydrogen) atoms. The normalized spacial score (nSPS) is 13.3. The standard InChI is InChI=1S/C22H22N6O3/c29-22(18(16-9-3-1-4-10-16)17-11-5-2-6-12-17)26-25-20-19(28(30)31)21(24-15-23-20)27-13-7-8-14-27/h1-6,9-12,15,18H,7-8,13-14H2,(H,26,29)(H,23,24,25). The summed E-state index contributed by atoms with van der Waals surface area (Å²) in [5.41, 5.74) is 6.63. The monoisotopic (exact) mass is 418 g/mol. The summed E-state index contributed by atoms with van der Waals surface area (Å²) >= 11 is 0.